The Hall–Kier alpha value is -3.15. The summed E-state index contributed by atoms with van der Waals surface area (Å²) in [5.74, 6) is -1.26. The van der Waals surface area contributed by atoms with Crippen molar-refractivity contribution in [2.24, 2.45) is 0 Å². The van der Waals surface area contributed by atoms with E-state index in [-0.39, 0.29) is 36.3 Å². The van der Waals surface area contributed by atoms with Crippen LogP contribution in [0.3, 0.4) is 0 Å². The molecule has 0 aliphatic carbocycles. The molecule has 6 nitrogen and oxygen atoms in total. The minimum atomic E-state index is -0.666. The molecule has 0 saturated carbocycles. The number of benzene rings is 2. The summed E-state index contributed by atoms with van der Waals surface area (Å²) >= 11 is 0. The Labute approximate surface area is 178 Å². The Morgan fingerprint density at radius 3 is 2.17 bits per heavy atom. The normalized spacial score (nSPS) is 12.0. The maximum Gasteiger partial charge on any atom is 0.325 e. The second kappa shape index (κ2) is 10.6. The Kier molecular flexibility index (Phi) is 8.16. The second-order valence-electron chi connectivity index (χ2n) is 8.29. The van der Waals surface area contributed by atoms with Gasteiger partial charge in [0.25, 0.3) is 11.8 Å². The molecule has 2 aromatic rings. The highest BCUT2D eigenvalue weighted by atomic mass is 16.5. The van der Waals surface area contributed by atoms with Crippen LogP contribution in [0, 0.1) is 0 Å². The molecule has 160 valence electrons. The molecule has 2 N–H and O–H groups in total. The van der Waals surface area contributed by atoms with Gasteiger partial charge in [-0.25, -0.2) is 0 Å². The highest BCUT2D eigenvalue weighted by Gasteiger charge is 2.15. The summed E-state index contributed by atoms with van der Waals surface area (Å²) in [5, 5.41) is 5.25. The van der Waals surface area contributed by atoms with E-state index >= 15 is 0 Å². The van der Waals surface area contributed by atoms with E-state index in [0.717, 1.165) is 11.1 Å². The molecule has 2 amide bonds. The van der Waals surface area contributed by atoms with Gasteiger partial charge in [0.2, 0.25) is 0 Å². The molecule has 1 atom stereocenters. The van der Waals surface area contributed by atoms with Crippen LogP contribution in [0.5, 0.6) is 0 Å². The van der Waals surface area contributed by atoms with Crippen molar-refractivity contribution < 1.29 is 19.1 Å². The highest BCUT2D eigenvalue weighted by Crippen LogP contribution is 2.22. The first-order chi connectivity index (χ1) is 14.2. The molecule has 0 aliphatic rings. The third-order valence-corrected chi connectivity index (χ3v) is 4.74. The lowest BCUT2D eigenvalue weighted by molar-refractivity contribution is -0.147. The van der Waals surface area contributed by atoms with Crippen LogP contribution in [0.15, 0.2) is 54.6 Å². The minimum absolute atomic E-state index is 0.00171. The average molecular weight is 411 g/mol. The third kappa shape index (κ3) is 7.35. The van der Waals surface area contributed by atoms with Gasteiger partial charge in [-0.3, -0.25) is 14.4 Å². The first-order valence-electron chi connectivity index (χ1n) is 10.0. The van der Waals surface area contributed by atoms with Crippen LogP contribution in [-0.4, -0.2) is 37.5 Å². The van der Waals surface area contributed by atoms with Crippen LogP contribution >= 0.6 is 0 Å². The third-order valence-electron chi connectivity index (χ3n) is 4.74. The van der Waals surface area contributed by atoms with Crippen molar-refractivity contribution in [1.82, 2.24) is 10.6 Å². The van der Waals surface area contributed by atoms with Crippen LogP contribution in [0.25, 0.3) is 0 Å². The van der Waals surface area contributed by atoms with Crippen molar-refractivity contribution >= 4 is 17.8 Å². The lowest BCUT2D eigenvalue weighted by Gasteiger charge is -2.19. The van der Waals surface area contributed by atoms with Crippen LogP contribution in [0.4, 0.5) is 0 Å². The van der Waals surface area contributed by atoms with Crippen LogP contribution < -0.4 is 10.6 Å². The van der Waals surface area contributed by atoms with Gasteiger partial charge in [0.05, 0.1) is 0 Å². The molecule has 6 heteroatoms. The number of rotatable bonds is 8. The highest BCUT2D eigenvalue weighted by molar-refractivity contribution is 5.96. The molecule has 0 heterocycles. The van der Waals surface area contributed by atoms with Gasteiger partial charge < -0.3 is 15.4 Å². The van der Waals surface area contributed by atoms with Crippen molar-refractivity contribution in [2.75, 3.05) is 19.7 Å². The predicted octanol–water partition coefficient (Wildman–Crippen LogP) is 3.18. The monoisotopic (exact) mass is 410 g/mol. The topological polar surface area (TPSA) is 84.5 Å². The summed E-state index contributed by atoms with van der Waals surface area (Å²) in [5.41, 5.74) is 2.70. The molecule has 2 aromatic carbocycles. The molecule has 0 saturated heterocycles. The molecule has 0 unspecified atom stereocenters. The Bertz CT molecular complexity index is 855. The van der Waals surface area contributed by atoms with Gasteiger partial charge in [0.15, 0.2) is 6.61 Å². The number of hydrogen-bond acceptors (Lipinski definition) is 4. The molecular formula is C24H30N2O4. The van der Waals surface area contributed by atoms with Crippen LogP contribution in [-0.2, 0) is 19.7 Å². The summed E-state index contributed by atoms with van der Waals surface area (Å²) in [4.78, 5) is 35.9. The number of nitrogens with one attached hydrogen (secondary N) is 2. The maximum atomic E-state index is 12.2. The Balaban J connectivity index is 1.69. The van der Waals surface area contributed by atoms with Crippen molar-refractivity contribution in [3.63, 3.8) is 0 Å². The fourth-order valence-electron chi connectivity index (χ4n) is 2.79. The largest absolute Gasteiger partial charge is 0.454 e. The summed E-state index contributed by atoms with van der Waals surface area (Å²) in [6.07, 6.45) is 0. The zero-order valence-electron chi connectivity index (χ0n) is 18.0. The summed E-state index contributed by atoms with van der Waals surface area (Å²) in [7, 11) is 0. The molecule has 0 aliphatic heterocycles. The maximum absolute atomic E-state index is 12.2. The fraction of sp³-hybridized carbons (Fsp3) is 0.375. The molecule has 2 rings (SSSR count). The molecular weight excluding hydrogens is 380 g/mol. The van der Waals surface area contributed by atoms with Crippen LogP contribution in [0.2, 0.25) is 0 Å². The van der Waals surface area contributed by atoms with Gasteiger partial charge in [-0.1, -0.05) is 70.2 Å². The first-order valence-corrected chi connectivity index (χ1v) is 10.0. The number of carbonyl (C=O) groups excluding carboxylic acids is 3. The van der Waals surface area contributed by atoms with Gasteiger partial charge in [-0.05, 0) is 34.6 Å². The van der Waals surface area contributed by atoms with E-state index in [2.05, 4.69) is 31.4 Å². The molecule has 0 spiro atoms. The quantitative estimate of drug-likeness (QED) is 0.655. The molecule has 0 fully saturated rings. The summed E-state index contributed by atoms with van der Waals surface area (Å²) in [6, 6.07) is 17.1. The lowest BCUT2D eigenvalue weighted by atomic mass is 9.87. The van der Waals surface area contributed by atoms with E-state index in [4.69, 9.17) is 4.74 Å². The first kappa shape index (κ1) is 23.1. The standard InChI is InChI=1S/C24H30N2O4/c1-17(18-8-6-5-7-9-18)14-25-21(27)16-30-22(28)15-26-23(29)19-10-12-20(13-11-19)24(2,3)4/h5-13,17H,14-16H2,1-4H3,(H,25,27)(H,26,29)/t17-/m0/s1. The van der Waals surface area contributed by atoms with Gasteiger partial charge in [-0.15, -0.1) is 0 Å². The van der Waals surface area contributed by atoms with E-state index in [1.807, 2.05) is 49.4 Å². The van der Waals surface area contributed by atoms with E-state index < -0.39 is 5.97 Å². The van der Waals surface area contributed by atoms with Gasteiger partial charge in [0.1, 0.15) is 6.54 Å². The average Bonchev–Trinajstić information content (AvgIpc) is 2.74. The SMILES string of the molecule is C[C@@H](CNC(=O)COC(=O)CNC(=O)c1ccc(C(C)(C)C)cc1)c1ccccc1. The van der Waals surface area contributed by atoms with Gasteiger partial charge in [-0.2, -0.15) is 0 Å². The summed E-state index contributed by atoms with van der Waals surface area (Å²) < 4.78 is 4.93. The Morgan fingerprint density at radius 2 is 1.57 bits per heavy atom. The number of esters is 1. The van der Waals surface area contributed by atoms with Crippen molar-refractivity contribution in [1.29, 1.82) is 0 Å². The van der Waals surface area contributed by atoms with Crippen molar-refractivity contribution in [3.8, 4) is 0 Å². The summed E-state index contributed by atoms with van der Waals surface area (Å²) in [6.45, 7) is 8.06. The number of carbonyl (C=O) groups is 3. The number of ether oxygens (including phenoxy) is 1. The molecule has 0 bridgehead atoms. The van der Waals surface area contributed by atoms with E-state index in [0.29, 0.717) is 12.1 Å². The minimum Gasteiger partial charge on any atom is -0.454 e. The second-order valence-corrected chi connectivity index (χ2v) is 8.29. The van der Waals surface area contributed by atoms with Crippen LogP contribution in [0.1, 0.15) is 55.1 Å². The molecule has 30 heavy (non-hydrogen) atoms. The lowest BCUT2D eigenvalue weighted by Crippen LogP contribution is -2.35. The fourth-order valence-corrected chi connectivity index (χ4v) is 2.79. The molecule has 0 aromatic heterocycles. The van der Waals surface area contributed by atoms with Crippen molar-refractivity contribution in [3.05, 3.63) is 71.3 Å². The number of hydrogen-bond donors (Lipinski definition) is 2. The van der Waals surface area contributed by atoms with E-state index in [9.17, 15) is 14.4 Å². The zero-order valence-corrected chi connectivity index (χ0v) is 18.0. The van der Waals surface area contributed by atoms with Crippen molar-refractivity contribution in [2.45, 2.75) is 39.0 Å². The van der Waals surface area contributed by atoms with Gasteiger partial charge >= 0.3 is 5.97 Å². The Morgan fingerprint density at radius 1 is 0.933 bits per heavy atom. The number of amides is 2. The molecule has 0 radical (unpaired) electrons. The smallest absolute Gasteiger partial charge is 0.325 e. The van der Waals surface area contributed by atoms with E-state index in [1.165, 1.54) is 0 Å². The van der Waals surface area contributed by atoms with E-state index in [1.54, 1.807) is 12.1 Å². The van der Waals surface area contributed by atoms with Gasteiger partial charge in [0, 0.05) is 12.1 Å². The zero-order chi connectivity index (χ0) is 22.1. The predicted molar refractivity (Wildman–Crippen MR) is 116 cm³/mol.